The lowest BCUT2D eigenvalue weighted by molar-refractivity contribution is 0.408. The van der Waals surface area contributed by atoms with Crippen molar-refractivity contribution in [3.8, 4) is 5.75 Å². The predicted octanol–water partition coefficient (Wildman–Crippen LogP) is 3.67. The van der Waals surface area contributed by atoms with Gasteiger partial charge in [0.15, 0.2) is 0 Å². The highest BCUT2D eigenvalue weighted by molar-refractivity contribution is 14.1. The largest absolute Gasteiger partial charge is 0.495 e. The smallest absolute Gasteiger partial charge is 0.145 e. The summed E-state index contributed by atoms with van der Waals surface area (Å²) in [6.45, 7) is 0. The summed E-state index contributed by atoms with van der Waals surface area (Å²) in [5.74, 6) is 0.953. The Morgan fingerprint density at radius 3 is 2.09 bits per heavy atom. The summed E-state index contributed by atoms with van der Waals surface area (Å²) >= 11 is 7.91. The molecule has 0 heterocycles. The van der Waals surface area contributed by atoms with E-state index >= 15 is 0 Å². The first kappa shape index (κ1) is 10.0. The Morgan fingerprint density at radius 2 is 1.73 bits per heavy atom. The molecule has 0 aliphatic heterocycles. The van der Waals surface area contributed by atoms with Crippen molar-refractivity contribution in [1.82, 2.24) is 0 Å². The molecule has 11 heavy (non-hydrogen) atoms. The molecule has 4 heteroatoms. The summed E-state index contributed by atoms with van der Waals surface area (Å²) < 4.78 is 8.54. The SMILES string of the molecule is COc1c(I)cc(Br)cc1I. The summed E-state index contributed by atoms with van der Waals surface area (Å²) in [5, 5.41) is 0. The highest BCUT2D eigenvalue weighted by atomic mass is 127. The van der Waals surface area contributed by atoms with E-state index < -0.39 is 0 Å². The third-order valence-electron chi connectivity index (χ3n) is 1.17. The first-order chi connectivity index (χ1) is 5.15. The van der Waals surface area contributed by atoms with Gasteiger partial charge in [-0.15, -0.1) is 0 Å². The number of methoxy groups -OCH3 is 1. The molecule has 0 saturated heterocycles. The van der Waals surface area contributed by atoms with Gasteiger partial charge in [0.1, 0.15) is 5.75 Å². The zero-order valence-electron chi connectivity index (χ0n) is 5.70. The third kappa shape index (κ3) is 2.45. The Balaban J connectivity index is 3.25. The van der Waals surface area contributed by atoms with Gasteiger partial charge in [-0.05, 0) is 57.3 Å². The second-order valence-corrected chi connectivity index (χ2v) is 5.14. The number of hydrogen-bond donors (Lipinski definition) is 0. The van der Waals surface area contributed by atoms with Crippen molar-refractivity contribution in [2.45, 2.75) is 0 Å². The lowest BCUT2D eigenvalue weighted by atomic mass is 10.3. The zero-order chi connectivity index (χ0) is 8.43. The molecule has 60 valence electrons. The molecule has 0 aromatic heterocycles. The van der Waals surface area contributed by atoms with Crippen molar-refractivity contribution >= 4 is 61.1 Å². The Kier molecular flexibility index (Phi) is 3.90. The van der Waals surface area contributed by atoms with Crippen molar-refractivity contribution in [3.05, 3.63) is 23.7 Å². The second-order valence-electron chi connectivity index (χ2n) is 1.90. The maximum atomic E-state index is 5.19. The van der Waals surface area contributed by atoms with E-state index in [4.69, 9.17) is 4.74 Å². The molecule has 0 N–H and O–H groups in total. The average molecular weight is 439 g/mol. The number of hydrogen-bond acceptors (Lipinski definition) is 1. The standard InChI is InChI=1S/C7H5BrI2O/c1-11-7-5(9)2-4(8)3-6(7)10/h2-3H,1H3. The van der Waals surface area contributed by atoms with Crippen LogP contribution in [0.2, 0.25) is 0 Å². The molecule has 0 atom stereocenters. The van der Waals surface area contributed by atoms with E-state index in [1.807, 2.05) is 12.1 Å². The molecule has 0 bridgehead atoms. The van der Waals surface area contributed by atoms with Crippen molar-refractivity contribution in [3.63, 3.8) is 0 Å². The second kappa shape index (κ2) is 4.27. The minimum Gasteiger partial charge on any atom is -0.495 e. The van der Waals surface area contributed by atoms with Gasteiger partial charge in [0.05, 0.1) is 14.3 Å². The van der Waals surface area contributed by atoms with Crippen LogP contribution in [0.25, 0.3) is 0 Å². The lowest BCUT2D eigenvalue weighted by Crippen LogP contribution is -1.89. The molecule has 0 aliphatic carbocycles. The lowest BCUT2D eigenvalue weighted by Gasteiger charge is -2.05. The van der Waals surface area contributed by atoms with E-state index in [0.717, 1.165) is 17.4 Å². The molecular weight excluding hydrogens is 434 g/mol. The van der Waals surface area contributed by atoms with E-state index in [1.165, 1.54) is 0 Å². The fourth-order valence-electron chi connectivity index (χ4n) is 0.724. The maximum Gasteiger partial charge on any atom is 0.145 e. The summed E-state index contributed by atoms with van der Waals surface area (Å²) in [7, 11) is 1.69. The van der Waals surface area contributed by atoms with Gasteiger partial charge >= 0.3 is 0 Å². The fourth-order valence-corrected chi connectivity index (χ4v) is 4.25. The molecule has 0 amide bonds. The Hall–Kier alpha value is 0.960. The topological polar surface area (TPSA) is 9.23 Å². The van der Waals surface area contributed by atoms with Gasteiger partial charge in [-0.3, -0.25) is 0 Å². The van der Waals surface area contributed by atoms with Crippen LogP contribution in [0.1, 0.15) is 0 Å². The summed E-state index contributed by atoms with van der Waals surface area (Å²) in [6, 6.07) is 4.06. The molecule has 1 aromatic carbocycles. The zero-order valence-corrected chi connectivity index (χ0v) is 11.6. The highest BCUT2D eigenvalue weighted by Gasteiger charge is 2.05. The molecular formula is C7H5BrI2O. The van der Waals surface area contributed by atoms with E-state index in [2.05, 4.69) is 61.1 Å². The van der Waals surface area contributed by atoms with Crippen LogP contribution < -0.4 is 4.74 Å². The molecule has 0 radical (unpaired) electrons. The number of rotatable bonds is 1. The highest BCUT2D eigenvalue weighted by Crippen LogP contribution is 2.30. The molecule has 1 aromatic rings. The quantitative estimate of drug-likeness (QED) is 0.608. The van der Waals surface area contributed by atoms with Gasteiger partial charge in [0, 0.05) is 4.47 Å². The first-order valence-electron chi connectivity index (χ1n) is 2.83. The van der Waals surface area contributed by atoms with Crippen molar-refractivity contribution < 1.29 is 4.74 Å². The molecule has 0 unspecified atom stereocenters. The van der Waals surface area contributed by atoms with E-state index in [1.54, 1.807) is 7.11 Å². The maximum absolute atomic E-state index is 5.19. The summed E-state index contributed by atoms with van der Waals surface area (Å²) in [4.78, 5) is 0. The third-order valence-corrected chi connectivity index (χ3v) is 3.23. The first-order valence-corrected chi connectivity index (χ1v) is 5.78. The summed E-state index contributed by atoms with van der Waals surface area (Å²) in [5.41, 5.74) is 0. The fraction of sp³-hybridized carbons (Fsp3) is 0.143. The van der Waals surface area contributed by atoms with Gasteiger partial charge < -0.3 is 4.74 Å². The monoisotopic (exact) mass is 438 g/mol. The van der Waals surface area contributed by atoms with Crippen LogP contribution in [0.15, 0.2) is 16.6 Å². The van der Waals surface area contributed by atoms with Crippen molar-refractivity contribution in [1.29, 1.82) is 0 Å². The average Bonchev–Trinajstić information content (AvgIpc) is 1.85. The molecule has 0 saturated carbocycles. The van der Waals surface area contributed by atoms with Gasteiger partial charge in [-0.1, -0.05) is 15.9 Å². The van der Waals surface area contributed by atoms with Gasteiger partial charge in [0.25, 0.3) is 0 Å². The number of benzene rings is 1. The summed E-state index contributed by atoms with van der Waals surface area (Å²) in [6.07, 6.45) is 0. The normalized spacial score (nSPS) is 9.82. The molecule has 0 aliphatic rings. The number of halogens is 3. The minimum atomic E-state index is 0.953. The number of ether oxygens (including phenoxy) is 1. The molecule has 1 nitrogen and oxygen atoms in total. The molecule has 0 fully saturated rings. The van der Waals surface area contributed by atoms with Crippen LogP contribution in [0.4, 0.5) is 0 Å². The molecule has 1 rings (SSSR count). The Labute approximate surface area is 101 Å². The molecule has 0 spiro atoms. The van der Waals surface area contributed by atoms with E-state index in [9.17, 15) is 0 Å². The van der Waals surface area contributed by atoms with Crippen LogP contribution >= 0.6 is 61.1 Å². The van der Waals surface area contributed by atoms with Gasteiger partial charge in [0.2, 0.25) is 0 Å². The van der Waals surface area contributed by atoms with E-state index in [0.29, 0.717) is 0 Å². The minimum absolute atomic E-state index is 0.953. The van der Waals surface area contributed by atoms with Crippen molar-refractivity contribution in [2.75, 3.05) is 7.11 Å². The van der Waals surface area contributed by atoms with Crippen LogP contribution in [-0.2, 0) is 0 Å². The Bertz CT molecular complexity index is 252. The van der Waals surface area contributed by atoms with Crippen LogP contribution in [0.5, 0.6) is 5.75 Å². The van der Waals surface area contributed by atoms with Crippen molar-refractivity contribution in [2.24, 2.45) is 0 Å². The van der Waals surface area contributed by atoms with Gasteiger partial charge in [-0.25, -0.2) is 0 Å². The van der Waals surface area contributed by atoms with E-state index in [-0.39, 0.29) is 0 Å². The van der Waals surface area contributed by atoms with Crippen LogP contribution in [0.3, 0.4) is 0 Å². The predicted molar refractivity (Wildman–Crippen MR) is 66.1 cm³/mol. The van der Waals surface area contributed by atoms with Crippen LogP contribution in [0, 0.1) is 7.14 Å². The van der Waals surface area contributed by atoms with Gasteiger partial charge in [-0.2, -0.15) is 0 Å². The van der Waals surface area contributed by atoms with Crippen LogP contribution in [-0.4, -0.2) is 7.11 Å². The Morgan fingerprint density at radius 1 is 1.27 bits per heavy atom.